The van der Waals surface area contributed by atoms with Crippen LogP contribution in [0.2, 0.25) is 0 Å². The number of nitrogens with one attached hydrogen (secondary N) is 1. The molecular weight excluding hydrogens is 360 g/mol. The van der Waals surface area contributed by atoms with Gasteiger partial charge >= 0.3 is 0 Å². The maximum atomic E-state index is 13.3. The van der Waals surface area contributed by atoms with Crippen LogP contribution < -0.4 is 5.32 Å². The molecule has 2 aliphatic rings. The number of nitrogens with zero attached hydrogens (tertiary/aromatic N) is 1. The minimum absolute atomic E-state index is 0.0160. The molecule has 2 heterocycles. The van der Waals surface area contributed by atoms with E-state index in [9.17, 15) is 14.7 Å². The van der Waals surface area contributed by atoms with Crippen LogP contribution in [0, 0.1) is 12.3 Å². The Morgan fingerprint density at radius 1 is 1.33 bits per heavy atom. The summed E-state index contributed by atoms with van der Waals surface area (Å²) in [4.78, 5) is 29.1. The number of carbonyl (C=O) groups excluding carboxylic acids is 2. The highest BCUT2D eigenvalue weighted by Crippen LogP contribution is 2.53. The highest BCUT2D eigenvalue weighted by molar-refractivity contribution is 7.12. The minimum atomic E-state index is -0.808. The number of thiophene rings is 1. The normalized spacial score (nSPS) is 33.4. The molecule has 1 aliphatic heterocycles. The molecular formula is C21H32N2O3S. The number of rotatable bonds is 4. The zero-order valence-corrected chi connectivity index (χ0v) is 17.7. The molecule has 5 nitrogen and oxygen atoms in total. The number of aryl methyl sites for hydroxylation is 1. The van der Waals surface area contributed by atoms with Crippen LogP contribution in [0.25, 0.3) is 0 Å². The molecule has 27 heavy (non-hydrogen) atoms. The zero-order valence-electron chi connectivity index (χ0n) is 16.9. The average molecular weight is 393 g/mol. The second-order valence-corrected chi connectivity index (χ2v) is 10.1. The van der Waals surface area contributed by atoms with Crippen LogP contribution in [0.5, 0.6) is 0 Å². The van der Waals surface area contributed by atoms with Crippen molar-refractivity contribution >= 4 is 23.2 Å². The number of amides is 2. The molecule has 0 unspecified atom stereocenters. The Labute approximate surface area is 166 Å². The lowest BCUT2D eigenvalue weighted by Gasteiger charge is -2.43. The van der Waals surface area contributed by atoms with E-state index < -0.39 is 5.60 Å². The first-order valence-electron chi connectivity index (χ1n) is 9.97. The fraction of sp³-hybridized carbons (Fsp3) is 0.714. The molecule has 2 fully saturated rings. The van der Waals surface area contributed by atoms with Crippen LogP contribution in [0.3, 0.4) is 0 Å². The average Bonchev–Trinajstić information content (AvgIpc) is 3.08. The van der Waals surface area contributed by atoms with Gasteiger partial charge in [0.2, 0.25) is 11.8 Å². The summed E-state index contributed by atoms with van der Waals surface area (Å²) < 4.78 is 0. The highest BCUT2D eigenvalue weighted by Gasteiger charge is 2.59. The Hall–Kier alpha value is -1.40. The molecule has 2 N–H and O–H groups in total. The molecule has 3 rings (SSSR count). The maximum absolute atomic E-state index is 13.3. The van der Waals surface area contributed by atoms with Crippen molar-refractivity contribution in [2.75, 3.05) is 6.54 Å². The topological polar surface area (TPSA) is 69.6 Å². The van der Waals surface area contributed by atoms with Gasteiger partial charge in [0.15, 0.2) is 0 Å². The van der Waals surface area contributed by atoms with Crippen molar-refractivity contribution in [3.05, 3.63) is 21.9 Å². The molecule has 1 saturated heterocycles. The van der Waals surface area contributed by atoms with E-state index in [2.05, 4.69) is 12.2 Å². The molecule has 1 aliphatic carbocycles. The van der Waals surface area contributed by atoms with E-state index in [0.29, 0.717) is 13.0 Å². The van der Waals surface area contributed by atoms with E-state index in [4.69, 9.17) is 0 Å². The summed E-state index contributed by atoms with van der Waals surface area (Å²) in [5.74, 6) is 0.0268. The molecule has 1 aromatic rings. The van der Waals surface area contributed by atoms with E-state index in [1.165, 1.54) is 11.8 Å². The van der Waals surface area contributed by atoms with Crippen LogP contribution in [-0.4, -0.2) is 46.1 Å². The predicted octanol–water partition coefficient (Wildman–Crippen LogP) is 3.04. The Morgan fingerprint density at radius 2 is 2.07 bits per heavy atom. The van der Waals surface area contributed by atoms with Crippen molar-refractivity contribution in [1.82, 2.24) is 10.2 Å². The summed E-state index contributed by atoms with van der Waals surface area (Å²) in [6.45, 7) is 8.07. The molecule has 0 radical (unpaired) electrons. The van der Waals surface area contributed by atoms with Crippen molar-refractivity contribution in [2.24, 2.45) is 5.41 Å². The van der Waals surface area contributed by atoms with Gasteiger partial charge in [-0.05, 0) is 45.2 Å². The van der Waals surface area contributed by atoms with E-state index in [0.717, 1.165) is 37.0 Å². The Morgan fingerprint density at radius 3 is 2.70 bits per heavy atom. The quantitative estimate of drug-likeness (QED) is 0.827. The zero-order chi connectivity index (χ0) is 19.8. The molecule has 4 atom stereocenters. The third-order valence-corrected chi connectivity index (χ3v) is 7.74. The van der Waals surface area contributed by atoms with Crippen molar-refractivity contribution < 1.29 is 14.7 Å². The van der Waals surface area contributed by atoms with E-state index in [1.54, 1.807) is 11.3 Å². The third-order valence-electron chi connectivity index (χ3n) is 6.74. The Kier molecular flexibility index (Phi) is 5.69. The lowest BCUT2D eigenvalue weighted by molar-refractivity contribution is -0.137. The first-order valence-corrected chi connectivity index (χ1v) is 10.8. The monoisotopic (exact) mass is 392 g/mol. The van der Waals surface area contributed by atoms with Crippen LogP contribution in [-0.2, 0) is 16.0 Å². The first kappa shape index (κ1) is 20.3. The summed E-state index contributed by atoms with van der Waals surface area (Å²) >= 11 is 1.66. The van der Waals surface area contributed by atoms with Gasteiger partial charge < -0.3 is 15.3 Å². The van der Waals surface area contributed by atoms with Crippen LogP contribution in [0.15, 0.2) is 12.1 Å². The fourth-order valence-corrected chi connectivity index (χ4v) is 5.93. The molecule has 1 aromatic heterocycles. The van der Waals surface area contributed by atoms with Crippen molar-refractivity contribution in [2.45, 2.75) is 83.9 Å². The van der Waals surface area contributed by atoms with Crippen molar-refractivity contribution in [3.63, 3.8) is 0 Å². The van der Waals surface area contributed by atoms with Gasteiger partial charge in [-0.3, -0.25) is 9.59 Å². The molecule has 0 bridgehead atoms. The predicted molar refractivity (Wildman–Crippen MR) is 108 cm³/mol. The first-order chi connectivity index (χ1) is 12.6. The third kappa shape index (κ3) is 3.92. The SMILES string of the molecule is CC(=O)NC[C@H]1C[C@]2(C)[C@@H](CCCC[C@]2(C)O)N1C(=O)Cc1ccc(C)s1. The van der Waals surface area contributed by atoms with Gasteiger partial charge in [0.05, 0.1) is 18.1 Å². The van der Waals surface area contributed by atoms with Crippen LogP contribution in [0.1, 0.15) is 62.6 Å². The number of hydrogen-bond donors (Lipinski definition) is 2. The fourth-order valence-electron chi connectivity index (χ4n) is 5.04. The largest absolute Gasteiger partial charge is 0.390 e. The smallest absolute Gasteiger partial charge is 0.228 e. The Balaban J connectivity index is 1.90. The van der Waals surface area contributed by atoms with Gasteiger partial charge in [0.1, 0.15) is 0 Å². The molecule has 150 valence electrons. The standard InChI is InChI=1S/C21H32N2O3S/c1-14-8-9-17(27-14)11-19(25)23-16(13-22-15(2)24)12-20(3)18(23)7-5-6-10-21(20,4)26/h8-9,16,18,26H,5-7,10-13H2,1-4H3,(H,22,24)/t16-,18-,20-,21+/m1/s1. The summed E-state index contributed by atoms with van der Waals surface area (Å²) in [6.07, 6.45) is 4.80. The van der Waals surface area contributed by atoms with E-state index in [1.807, 2.05) is 30.9 Å². The highest BCUT2D eigenvalue weighted by atomic mass is 32.1. The second-order valence-electron chi connectivity index (χ2n) is 8.74. The van der Waals surface area contributed by atoms with Gasteiger partial charge in [-0.15, -0.1) is 11.3 Å². The van der Waals surface area contributed by atoms with E-state index >= 15 is 0 Å². The molecule has 0 spiro atoms. The lowest BCUT2D eigenvalue weighted by Crippen LogP contribution is -2.52. The number of fused-ring (bicyclic) bond motifs is 1. The Bertz CT molecular complexity index is 714. The van der Waals surface area contributed by atoms with Gasteiger partial charge in [0.25, 0.3) is 0 Å². The van der Waals surface area contributed by atoms with Crippen LogP contribution >= 0.6 is 11.3 Å². The van der Waals surface area contributed by atoms with Crippen molar-refractivity contribution in [1.29, 1.82) is 0 Å². The summed E-state index contributed by atoms with van der Waals surface area (Å²) in [5, 5.41) is 14.1. The number of likely N-dealkylation sites (tertiary alicyclic amines) is 1. The van der Waals surface area contributed by atoms with Crippen molar-refractivity contribution in [3.8, 4) is 0 Å². The van der Waals surface area contributed by atoms with Gasteiger partial charge in [-0.25, -0.2) is 0 Å². The molecule has 2 amide bonds. The number of carbonyl (C=O) groups is 2. The summed E-state index contributed by atoms with van der Waals surface area (Å²) in [5.41, 5.74) is -1.16. The maximum Gasteiger partial charge on any atom is 0.228 e. The lowest BCUT2D eigenvalue weighted by atomic mass is 9.67. The minimum Gasteiger partial charge on any atom is -0.390 e. The summed E-state index contributed by atoms with van der Waals surface area (Å²) in [7, 11) is 0. The van der Waals surface area contributed by atoms with Gasteiger partial charge in [-0.1, -0.05) is 19.8 Å². The summed E-state index contributed by atoms with van der Waals surface area (Å²) in [6, 6.07) is 4.02. The number of hydrogen-bond acceptors (Lipinski definition) is 4. The number of aliphatic hydroxyl groups is 1. The van der Waals surface area contributed by atoms with Crippen LogP contribution in [0.4, 0.5) is 0 Å². The molecule has 0 aromatic carbocycles. The van der Waals surface area contributed by atoms with E-state index in [-0.39, 0.29) is 29.3 Å². The second kappa shape index (κ2) is 7.55. The molecule has 6 heteroatoms. The molecule has 1 saturated carbocycles. The van der Waals surface area contributed by atoms with Gasteiger partial charge in [-0.2, -0.15) is 0 Å². The van der Waals surface area contributed by atoms with Gasteiger partial charge in [0, 0.05) is 34.7 Å².